The fraction of sp³-hybridized carbons (Fsp3) is 0.688. The van der Waals surface area contributed by atoms with Gasteiger partial charge < -0.3 is 5.32 Å². The number of halogens is 1. The first-order chi connectivity index (χ1) is 10.3. The Labute approximate surface area is 142 Å². The number of H-pyrrole nitrogens is 1. The maximum atomic E-state index is 11.5. The predicted molar refractivity (Wildman–Crippen MR) is 92.0 cm³/mol. The molecule has 0 aromatic carbocycles. The molecule has 2 N–H and O–H groups in total. The van der Waals surface area contributed by atoms with Gasteiger partial charge in [-0.25, -0.2) is 4.52 Å². The molecule has 128 valence electrons. The van der Waals surface area contributed by atoms with Crippen LogP contribution >= 0.6 is 11.6 Å². The van der Waals surface area contributed by atoms with Crippen molar-refractivity contribution in [2.45, 2.75) is 71.8 Å². The van der Waals surface area contributed by atoms with Crippen LogP contribution in [-0.4, -0.2) is 31.3 Å². The van der Waals surface area contributed by atoms with Crippen molar-refractivity contribution in [3.8, 4) is 0 Å². The molecule has 0 fully saturated rings. The molecule has 2 rings (SSSR count). The number of rotatable bonds is 3. The fourth-order valence-corrected chi connectivity index (χ4v) is 3.03. The average molecular weight is 340 g/mol. The molecule has 0 saturated heterocycles. The summed E-state index contributed by atoms with van der Waals surface area (Å²) in [5.74, 6) is 0.646. The van der Waals surface area contributed by atoms with Crippen molar-refractivity contribution in [2.24, 2.45) is 0 Å². The Morgan fingerprint density at radius 1 is 1.13 bits per heavy atom. The lowest BCUT2D eigenvalue weighted by atomic mass is 9.73. The molecular formula is C16H26ClN5O. The Bertz CT molecular complexity index is 748. The number of hydrogen-bond donors (Lipinski definition) is 2. The molecule has 23 heavy (non-hydrogen) atoms. The summed E-state index contributed by atoms with van der Waals surface area (Å²) in [6.07, 6.45) is 0. The van der Waals surface area contributed by atoms with Gasteiger partial charge in [0.25, 0.3) is 0 Å². The molecule has 0 saturated carbocycles. The summed E-state index contributed by atoms with van der Waals surface area (Å²) in [5, 5.41) is 15.5. The summed E-state index contributed by atoms with van der Waals surface area (Å²) in [6.45, 7) is 15.8. The Morgan fingerprint density at radius 3 is 2.17 bits per heavy atom. The van der Waals surface area contributed by atoms with Gasteiger partial charge in [-0.2, -0.15) is 0 Å². The van der Waals surface area contributed by atoms with Gasteiger partial charge in [-0.3, -0.25) is 9.89 Å². The topological polar surface area (TPSA) is 75.1 Å². The van der Waals surface area contributed by atoms with Crippen molar-refractivity contribution in [3.63, 3.8) is 0 Å². The highest BCUT2D eigenvalue weighted by Crippen LogP contribution is 2.37. The molecule has 0 aliphatic carbocycles. The Kier molecular flexibility index (Phi) is 4.04. The molecule has 6 nitrogen and oxygen atoms in total. The van der Waals surface area contributed by atoms with Gasteiger partial charge in [0.1, 0.15) is 5.02 Å². The molecule has 2 aromatic rings. The standard InChI is InChI=1S/C16H26ClN5O/c1-9(23)18-16(7,8)15(5,6)13-20-19-12-10(17)11(14(2,3)4)21-22(12)13/h21H,1-8H3,(H,18,23). The van der Waals surface area contributed by atoms with E-state index in [4.69, 9.17) is 11.6 Å². The van der Waals surface area contributed by atoms with Crippen molar-refractivity contribution >= 4 is 23.2 Å². The number of hydrogen-bond acceptors (Lipinski definition) is 3. The van der Waals surface area contributed by atoms with Crippen LogP contribution < -0.4 is 5.32 Å². The van der Waals surface area contributed by atoms with Crippen LogP contribution in [0.15, 0.2) is 0 Å². The quantitative estimate of drug-likeness (QED) is 0.901. The largest absolute Gasteiger partial charge is 0.350 e. The third kappa shape index (κ3) is 2.84. The number of nitrogens with zero attached hydrogens (tertiary/aromatic N) is 3. The van der Waals surface area contributed by atoms with Gasteiger partial charge in [-0.15, -0.1) is 10.2 Å². The zero-order chi connectivity index (χ0) is 17.8. The third-order valence-corrected chi connectivity index (χ3v) is 5.02. The van der Waals surface area contributed by atoms with E-state index in [-0.39, 0.29) is 11.3 Å². The summed E-state index contributed by atoms with van der Waals surface area (Å²) in [4.78, 5) is 11.5. The van der Waals surface area contributed by atoms with Gasteiger partial charge in [0.2, 0.25) is 5.91 Å². The van der Waals surface area contributed by atoms with Gasteiger partial charge >= 0.3 is 0 Å². The Hall–Kier alpha value is -1.56. The van der Waals surface area contributed by atoms with Crippen molar-refractivity contribution < 1.29 is 4.79 Å². The van der Waals surface area contributed by atoms with E-state index in [0.717, 1.165) is 11.5 Å². The lowest BCUT2D eigenvalue weighted by Gasteiger charge is -2.40. The molecule has 2 aromatic heterocycles. The number of aromatic nitrogens is 4. The minimum Gasteiger partial charge on any atom is -0.350 e. The van der Waals surface area contributed by atoms with Crippen LogP contribution in [0.5, 0.6) is 0 Å². The van der Waals surface area contributed by atoms with Crippen molar-refractivity contribution in [2.75, 3.05) is 0 Å². The van der Waals surface area contributed by atoms with E-state index in [1.54, 1.807) is 0 Å². The smallest absolute Gasteiger partial charge is 0.217 e. The van der Waals surface area contributed by atoms with E-state index in [2.05, 4.69) is 41.4 Å². The minimum atomic E-state index is -0.513. The van der Waals surface area contributed by atoms with E-state index >= 15 is 0 Å². The third-order valence-electron chi connectivity index (χ3n) is 4.66. The van der Waals surface area contributed by atoms with Crippen molar-refractivity contribution in [1.29, 1.82) is 0 Å². The van der Waals surface area contributed by atoms with Crippen molar-refractivity contribution in [3.05, 3.63) is 16.5 Å². The average Bonchev–Trinajstić information content (AvgIpc) is 2.87. The summed E-state index contributed by atoms with van der Waals surface area (Å²) < 4.78 is 1.83. The molecule has 0 bridgehead atoms. The van der Waals surface area contributed by atoms with Crippen LogP contribution in [0.25, 0.3) is 5.65 Å². The molecule has 7 heteroatoms. The number of aromatic amines is 1. The monoisotopic (exact) mass is 339 g/mol. The van der Waals surface area contributed by atoms with Gasteiger partial charge in [0.05, 0.1) is 5.69 Å². The zero-order valence-corrected chi connectivity index (χ0v) is 15.9. The first-order valence-corrected chi connectivity index (χ1v) is 8.09. The second-order valence-electron chi connectivity index (χ2n) is 8.16. The second kappa shape index (κ2) is 5.23. The van der Waals surface area contributed by atoms with Crippen LogP contribution in [0.3, 0.4) is 0 Å². The maximum absolute atomic E-state index is 11.5. The molecule has 0 radical (unpaired) electrons. The van der Waals surface area contributed by atoms with E-state index in [0.29, 0.717) is 10.7 Å². The number of nitrogens with one attached hydrogen (secondary N) is 2. The molecule has 0 aliphatic heterocycles. The SMILES string of the molecule is CC(=O)NC(C)(C)C(C)(C)c1nnc2c(Cl)c(C(C)(C)C)[nH]n12. The molecular weight excluding hydrogens is 314 g/mol. The van der Waals surface area contributed by atoms with Gasteiger partial charge in [-0.1, -0.05) is 46.2 Å². The highest BCUT2D eigenvalue weighted by atomic mass is 35.5. The molecule has 1 amide bonds. The summed E-state index contributed by atoms with van der Waals surface area (Å²) >= 11 is 6.48. The van der Waals surface area contributed by atoms with E-state index in [9.17, 15) is 4.79 Å². The summed E-state index contributed by atoms with van der Waals surface area (Å²) in [6, 6.07) is 0. The van der Waals surface area contributed by atoms with Crippen molar-refractivity contribution in [1.82, 2.24) is 25.1 Å². The van der Waals surface area contributed by atoms with E-state index < -0.39 is 11.0 Å². The molecule has 0 unspecified atom stereocenters. The van der Waals surface area contributed by atoms with Crippen LogP contribution in [0, 0.1) is 0 Å². The first kappa shape index (κ1) is 17.8. The van der Waals surface area contributed by atoms with E-state index in [1.807, 2.05) is 32.2 Å². The number of carbonyl (C=O) groups is 1. The lowest BCUT2D eigenvalue weighted by Crippen LogP contribution is -2.56. The van der Waals surface area contributed by atoms with Gasteiger partial charge in [0, 0.05) is 23.3 Å². The van der Waals surface area contributed by atoms with Gasteiger partial charge in [-0.05, 0) is 13.8 Å². The number of amides is 1. The predicted octanol–water partition coefficient (Wildman–Crippen LogP) is 3.20. The van der Waals surface area contributed by atoms with Crippen LogP contribution in [-0.2, 0) is 15.6 Å². The highest BCUT2D eigenvalue weighted by Gasteiger charge is 2.43. The Balaban J connectivity index is 2.62. The second-order valence-corrected chi connectivity index (χ2v) is 8.54. The Morgan fingerprint density at radius 2 is 1.70 bits per heavy atom. The molecule has 2 heterocycles. The van der Waals surface area contributed by atoms with Crippen LogP contribution in [0.2, 0.25) is 5.02 Å². The van der Waals surface area contributed by atoms with Crippen LogP contribution in [0.4, 0.5) is 0 Å². The normalized spacial score (nSPS) is 13.6. The number of carbonyl (C=O) groups excluding carboxylic acids is 1. The first-order valence-electron chi connectivity index (χ1n) is 7.71. The molecule has 0 aliphatic rings. The minimum absolute atomic E-state index is 0.0799. The highest BCUT2D eigenvalue weighted by molar-refractivity contribution is 6.34. The van der Waals surface area contributed by atoms with Gasteiger partial charge in [0.15, 0.2) is 11.5 Å². The fourth-order valence-electron chi connectivity index (χ4n) is 2.58. The molecule has 0 atom stereocenters. The lowest BCUT2D eigenvalue weighted by molar-refractivity contribution is -0.121. The molecule has 0 spiro atoms. The van der Waals surface area contributed by atoms with E-state index in [1.165, 1.54) is 6.92 Å². The maximum Gasteiger partial charge on any atom is 0.217 e. The summed E-state index contributed by atoms with van der Waals surface area (Å²) in [5.41, 5.74) is 0.409. The number of fused-ring (bicyclic) bond motifs is 1. The van der Waals surface area contributed by atoms with Crippen LogP contribution in [0.1, 0.15) is 66.9 Å². The summed E-state index contributed by atoms with van der Waals surface area (Å²) in [7, 11) is 0. The zero-order valence-electron chi connectivity index (χ0n) is 15.1.